The molecular formula is C13H9NO. The summed E-state index contributed by atoms with van der Waals surface area (Å²) in [4.78, 5) is 0. The third-order valence-electron chi connectivity index (χ3n) is 2.46. The molecule has 2 aliphatic rings. The van der Waals surface area contributed by atoms with Crippen molar-refractivity contribution < 1.29 is 4.42 Å². The van der Waals surface area contributed by atoms with Crippen molar-refractivity contribution in [2.24, 2.45) is 0 Å². The lowest BCUT2D eigenvalue weighted by molar-refractivity contribution is 0.618. The molecule has 1 aromatic carbocycles. The zero-order chi connectivity index (χ0) is 10.3. The Kier molecular flexibility index (Phi) is 1.62. The first-order valence-corrected chi connectivity index (χ1v) is 4.80. The lowest BCUT2D eigenvalue weighted by Crippen LogP contribution is -1.97. The second kappa shape index (κ2) is 2.95. The van der Waals surface area contributed by atoms with Gasteiger partial charge in [0.2, 0.25) is 0 Å². The van der Waals surface area contributed by atoms with Crippen LogP contribution in [0.15, 0.2) is 52.9 Å². The zero-order valence-electron chi connectivity index (χ0n) is 8.03. The topological polar surface area (TPSA) is 37.0 Å². The average molecular weight is 195 g/mol. The Morgan fingerprint density at radius 1 is 0.933 bits per heavy atom. The van der Waals surface area contributed by atoms with Crippen LogP contribution in [0.3, 0.4) is 0 Å². The van der Waals surface area contributed by atoms with Gasteiger partial charge in [-0.15, -0.1) is 0 Å². The molecular weight excluding hydrogens is 186 g/mol. The maximum Gasteiger partial charge on any atom is 0.136 e. The minimum atomic E-state index is 0.474. The quantitative estimate of drug-likeness (QED) is 0.550. The van der Waals surface area contributed by atoms with E-state index in [4.69, 9.17) is 9.83 Å². The van der Waals surface area contributed by atoms with Crippen LogP contribution in [-0.4, -0.2) is 0 Å². The molecule has 0 spiro atoms. The third-order valence-corrected chi connectivity index (χ3v) is 2.46. The van der Waals surface area contributed by atoms with Gasteiger partial charge in [0.15, 0.2) is 0 Å². The van der Waals surface area contributed by atoms with Crippen molar-refractivity contribution in [3.8, 4) is 11.3 Å². The molecule has 0 amide bonds. The van der Waals surface area contributed by atoms with E-state index >= 15 is 0 Å². The molecule has 15 heavy (non-hydrogen) atoms. The Hall–Kier alpha value is -2.09. The molecule has 1 N–H and O–H groups in total. The summed E-state index contributed by atoms with van der Waals surface area (Å²) in [7, 11) is 0. The monoisotopic (exact) mass is 195 g/mol. The summed E-state index contributed by atoms with van der Waals surface area (Å²) < 4.78 is 5.71. The molecule has 1 heterocycles. The number of benzene rings is 2. The highest BCUT2D eigenvalue weighted by atomic mass is 16.3. The van der Waals surface area contributed by atoms with E-state index in [-0.39, 0.29) is 0 Å². The van der Waals surface area contributed by atoms with E-state index in [0.29, 0.717) is 5.36 Å². The summed E-state index contributed by atoms with van der Waals surface area (Å²) in [6.07, 6.45) is 0. The summed E-state index contributed by atoms with van der Waals surface area (Å²) in [5.74, 6) is 0.765. The maximum atomic E-state index is 7.53. The minimum Gasteiger partial charge on any atom is -0.456 e. The lowest BCUT2D eigenvalue weighted by Gasteiger charge is -2.05. The molecule has 0 unspecified atom stereocenters. The average Bonchev–Trinajstić information content (AvgIpc) is 2.26. The Labute approximate surface area is 86.6 Å². The fourth-order valence-corrected chi connectivity index (χ4v) is 1.72. The highest BCUT2D eigenvalue weighted by Gasteiger charge is 2.05. The molecule has 0 saturated heterocycles. The molecule has 2 heteroatoms. The van der Waals surface area contributed by atoms with E-state index in [2.05, 4.69) is 6.07 Å². The van der Waals surface area contributed by atoms with Gasteiger partial charge in [0.1, 0.15) is 11.3 Å². The van der Waals surface area contributed by atoms with Crippen molar-refractivity contribution in [2.75, 3.05) is 0 Å². The second-order valence-corrected chi connectivity index (χ2v) is 3.54. The van der Waals surface area contributed by atoms with E-state index in [9.17, 15) is 0 Å². The van der Waals surface area contributed by atoms with E-state index in [1.807, 2.05) is 30.3 Å². The number of hydrogen-bond donors (Lipinski definition) is 1. The van der Waals surface area contributed by atoms with Crippen LogP contribution in [0.2, 0.25) is 0 Å². The van der Waals surface area contributed by atoms with Gasteiger partial charge >= 0.3 is 0 Å². The fourth-order valence-electron chi connectivity index (χ4n) is 1.72. The Morgan fingerprint density at radius 2 is 1.80 bits per heavy atom. The number of fused-ring (bicyclic) bond motifs is 2. The summed E-state index contributed by atoms with van der Waals surface area (Å²) >= 11 is 0. The molecule has 1 aliphatic heterocycles. The molecule has 0 bridgehead atoms. The van der Waals surface area contributed by atoms with Crippen LogP contribution >= 0.6 is 0 Å². The smallest absolute Gasteiger partial charge is 0.136 e. The Morgan fingerprint density at radius 3 is 2.73 bits per heavy atom. The largest absolute Gasteiger partial charge is 0.456 e. The van der Waals surface area contributed by atoms with E-state index in [0.717, 1.165) is 22.3 Å². The van der Waals surface area contributed by atoms with Crippen LogP contribution in [0.4, 0.5) is 0 Å². The number of rotatable bonds is 0. The Balaban J connectivity index is 2.49. The lowest BCUT2D eigenvalue weighted by atomic mass is 10.1. The van der Waals surface area contributed by atoms with Crippen molar-refractivity contribution >= 4 is 11.0 Å². The molecule has 1 aliphatic carbocycles. The SMILES string of the molecule is N=c1ccc2cc3ccccc3oc-2c1. The molecule has 3 rings (SSSR count). The first kappa shape index (κ1) is 8.24. The first-order chi connectivity index (χ1) is 7.33. The van der Waals surface area contributed by atoms with Gasteiger partial charge in [-0.05, 0) is 24.3 Å². The fraction of sp³-hybridized carbons (Fsp3) is 0. The van der Waals surface area contributed by atoms with Crippen molar-refractivity contribution in [2.45, 2.75) is 0 Å². The summed E-state index contributed by atoms with van der Waals surface area (Å²) in [5, 5.41) is 9.08. The maximum absolute atomic E-state index is 7.53. The van der Waals surface area contributed by atoms with Crippen LogP contribution < -0.4 is 5.36 Å². The predicted octanol–water partition coefficient (Wildman–Crippen LogP) is 3.02. The molecule has 72 valence electrons. The van der Waals surface area contributed by atoms with Crippen molar-refractivity contribution in [3.05, 3.63) is 53.9 Å². The van der Waals surface area contributed by atoms with Crippen LogP contribution in [0, 0.1) is 5.41 Å². The van der Waals surface area contributed by atoms with Gasteiger partial charge < -0.3 is 9.83 Å². The van der Waals surface area contributed by atoms with E-state index in [1.54, 1.807) is 12.1 Å². The number of hydrogen-bond acceptors (Lipinski definition) is 2. The highest BCUT2D eigenvalue weighted by Crippen LogP contribution is 2.26. The predicted molar refractivity (Wildman–Crippen MR) is 58.7 cm³/mol. The van der Waals surface area contributed by atoms with Gasteiger partial charge in [0, 0.05) is 17.0 Å². The van der Waals surface area contributed by atoms with E-state index in [1.165, 1.54) is 0 Å². The highest BCUT2D eigenvalue weighted by molar-refractivity contribution is 5.82. The number of para-hydroxylation sites is 1. The molecule has 0 aromatic heterocycles. The van der Waals surface area contributed by atoms with Crippen molar-refractivity contribution in [1.29, 1.82) is 5.41 Å². The molecule has 0 radical (unpaired) electrons. The van der Waals surface area contributed by atoms with Gasteiger partial charge in [0.25, 0.3) is 0 Å². The Bertz CT molecular complexity index is 654. The first-order valence-electron chi connectivity index (χ1n) is 4.80. The summed E-state index contributed by atoms with van der Waals surface area (Å²) in [6.45, 7) is 0. The van der Waals surface area contributed by atoms with Crippen LogP contribution in [0.5, 0.6) is 0 Å². The minimum absolute atomic E-state index is 0.474. The van der Waals surface area contributed by atoms with Gasteiger partial charge in [-0.3, -0.25) is 0 Å². The molecule has 0 saturated carbocycles. The standard InChI is InChI=1S/C13H9NO/c14-11-6-5-10-7-9-3-1-2-4-12(9)15-13(10)8-11/h1-8,14H. The van der Waals surface area contributed by atoms with E-state index < -0.39 is 0 Å². The summed E-state index contributed by atoms with van der Waals surface area (Å²) in [6, 6.07) is 15.4. The van der Waals surface area contributed by atoms with Crippen LogP contribution in [0.1, 0.15) is 0 Å². The van der Waals surface area contributed by atoms with Gasteiger partial charge in [0.05, 0.1) is 5.36 Å². The van der Waals surface area contributed by atoms with Crippen molar-refractivity contribution in [1.82, 2.24) is 0 Å². The van der Waals surface area contributed by atoms with Crippen molar-refractivity contribution in [3.63, 3.8) is 0 Å². The molecule has 2 nitrogen and oxygen atoms in total. The molecule has 0 fully saturated rings. The van der Waals surface area contributed by atoms with Gasteiger partial charge in [-0.2, -0.15) is 0 Å². The normalized spacial score (nSPS) is 10.9. The van der Waals surface area contributed by atoms with Gasteiger partial charge in [-0.25, -0.2) is 0 Å². The number of nitrogens with one attached hydrogen (secondary N) is 1. The van der Waals surface area contributed by atoms with Crippen LogP contribution in [-0.2, 0) is 0 Å². The van der Waals surface area contributed by atoms with Gasteiger partial charge in [-0.1, -0.05) is 18.2 Å². The van der Waals surface area contributed by atoms with Crippen LogP contribution in [0.25, 0.3) is 22.3 Å². The third kappa shape index (κ3) is 1.31. The molecule has 1 aromatic rings. The summed E-state index contributed by atoms with van der Waals surface area (Å²) in [5.41, 5.74) is 1.89. The zero-order valence-corrected chi connectivity index (χ0v) is 8.03. The molecule has 0 atom stereocenters. The second-order valence-electron chi connectivity index (χ2n) is 3.54.